The van der Waals surface area contributed by atoms with Crippen LogP contribution in [0.15, 0.2) is 6.20 Å². The lowest BCUT2D eigenvalue weighted by molar-refractivity contribution is -0.441. The molecule has 0 aromatic carbocycles. The molecule has 0 saturated heterocycles. The number of aryl methyl sites for hydroxylation is 1. The van der Waals surface area contributed by atoms with E-state index in [1.54, 1.807) is 6.20 Å². The molecule has 0 aliphatic heterocycles. The van der Waals surface area contributed by atoms with Gasteiger partial charge in [-0.3, -0.25) is 0 Å². The van der Waals surface area contributed by atoms with Gasteiger partial charge in [-0.1, -0.05) is 39.3 Å². The minimum Gasteiger partial charge on any atom is -0.233 e. The number of nitrogens with zero attached hydrogens (tertiary/aromatic N) is 3. The zero-order chi connectivity index (χ0) is 16.6. The van der Waals surface area contributed by atoms with Crippen molar-refractivity contribution in [2.24, 2.45) is 5.41 Å². The fraction of sp³-hybridized carbons (Fsp3) is 0.706. The number of thiol groups is 1. The quantitative estimate of drug-likeness (QED) is 0.391. The fourth-order valence-electron chi connectivity index (χ4n) is 2.34. The Labute approximate surface area is 145 Å². The molecule has 0 bridgehead atoms. The summed E-state index contributed by atoms with van der Waals surface area (Å²) in [6, 6.07) is 0. The Hall–Kier alpha value is -0.610. The summed E-state index contributed by atoms with van der Waals surface area (Å²) in [5.41, 5.74) is 1.29. The number of aromatic nitrogens is 2. The number of hydrogen-bond donors (Lipinski definition) is 1. The van der Waals surface area contributed by atoms with E-state index in [0.29, 0.717) is 5.15 Å². The molecule has 0 atom stereocenters. The maximum absolute atomic E-state index is 6.26. The Kier molecular flexibility index (Phi) is 8.40. The van der Waals surface area contributed by atoms with Gasteiger partial charge < -0.3 is 0 Å². The van der Waals surface area contributed by atoms with Gasteiger partial charge in [-0.2, -0.15) is 12.6 Å². The number of hydrogen-bond acceptors (Lipinski definition) is 3. The Balaban J connectivity index is 2.92. The highest BCUT2D eigenvalue weighted by Gasteiger charge is 2.22. The van der Waals surface area contributed by atoms with E-state index in [1.807, 2.05) is 0 Å². The number of rotatable bonds is 9. The van der Waals surface area contributed by atoms with Gasteiger partial charge in [0.25, 0.3) is 0 Å². The van der Waals surface area contributed by atoms with Crippen molar-refractivity contribution in [1.29, 1.82) is 0 Å². The van der Waals surface area contributed by atoms with Crippen molar-refractivity contribution >= 4 is 36.3 Å². The highest BCUT2D eigenvalue weighted by molar-refractivity contribution is 7.80. The molecular formula is C17H29ClN3S+. The first-order valence-electron chi connectivity index (χ1n) is 8.15. The minimum atomic E-state index is 0.280. The van der Waals surface area contributed by atoms with E-state index in [2.05, 4.69) is 56.1 Å². The van der Waals surface area contributed by atoms with Crippen LogP contribution in [0.4, 0.5) is 5.82 Å². The molecule has 0 spiro atoms. The monoisotopic (exact) mass is 342 g/mol. The predicted molar refractivity (Wildman–Crippen MR) is 99.0 cm³/mol. The van der Waals surface area contributed by atoms with Crippen LogP contribution in [0.25, 0.3) is 0 Å². The molecular weight excluding hydrogens is 314 g/mol. The van der Waals surface area contributed by atoms with Crippen LogP contribution in [0.2, 0.25) is 5.15 Å². The predicted octanol–water partition coefficient (Wildman–Crippen LogP) is 4.94. The van der Waals surface area contributed by atoms with E-state index >= 15 is 0 Å². The number of halogens is 1. The molecule has 0 unspecified atom stereocenters. The van der Waals surface area contributed by atoms with Crippen LogP contribution in [0.1, 0.15) is 59.1 Å². The first-order chi connectivity index (χ1) is 10.4. The van der Waals surface area contributed by atoms with Crippen molar-refractivity contribution in [3.05, 3.63) is 17.0 Å². The van der Waals surface area contributed by atoms with Crippen LogP contribution >= 0.6 is 24.2 Å². The van der Waals surface area contributed by atoms with Gasteiger partial charge in [0.05, 0.1) is 19.0 Å². The molecule has 1 aromatic rings. The second-order valence-corrected chi connectivity index (χ2v) is 7.20. The van der Waals surface area contributed by atoms with Gasteiger partial charge in [0.15, 0.2) is 5.69 Å². The van der Waals surface area contributed by atoms with E-state index in [0.717, 1.165) is 55.9 Å². The molecule has 22 heavy (non-hydrogen) atoms. The average molecular weight is 343 g/mol. The maximum Gasteiger partial charge on any atom is 0.360 e. The smallest absolute Gasteiger partial charge is 0.233 e. The summed E-state index contributed by atoms with van der Waals surface area (Å²) in [4.78, 5) is 9.09. The first kappa shape index (κ1) is 19.4. The van der Waals surface area contributed by atoms with Crippen molar-refractivity contribution in [3.8, 4) is 0 Å². The van der Waals surface area contributed by atoms with Crippen molar-refractivity contribution < 1.29 is 4.58 Å². The van der Waals surface area contributed by atoms with Gasteiger partial charge in [-0.05, 0) is 41.8 Å². The average Bonchev–Trinajstić information content (AvgIpc) is 2.46. The van der Waals surface area contributed by atoms with Gasteiger partial charge in [0, 0.05) is 6.42 Å². The van der Waals surface area contributed by atoms with Gasteiger partial charge in [0.2, 0.25) is 5.15 Å². The van der Waals surface area contributed by atoms with E-state index < -0.39 is 0 Å². The second kappa shape index (κ2) is 9.51. The highest BCUT2D eigenvalue weighted by atomic mass is 35.5. The SMILES string of the molecule is CCC=[N+](CCC)c1nc(CCC(C)(C)CCS)cnc1Cl. The Morgan fingerprint density at radius 2 is 2.05 bits per heavy atom. The van der Waals surface area contributed by atoms with Crippen LogP contribution < -0.4 is 0 Å². The van der Waals surface area contributed by atoms with Crippen molar-refractivity contribution in [1.82, 2.24) is 9.97 Å². The zero-order valence-electron chi connectivity index (χ0n) is 14.3. The molecule has 5 heteroatoms. The molecule has 0 radical (unpaired) electrons. The minimum absolute atomic E-state index is 0.280. The third-order valence-corrected chi connectivity index (χ3v) is 4.24. The van der Waals surface area contributed by atoms with Crippen LogP contribution in [-0.4, -0.2) is 33.1 Å². The molecule has 0 fully saturated rings. The molecule has 0 aliphatic carbocycles. The summed E-state index contributed by atoms with van der Waals surface area (Å²) in [6.45, 7) is 9.75. The lowest BCUT2D eigenvalue weighted by atomic mass is 9.84. The van der Waals surface area contributed by atoms with Crippen molar-refractivity contribution in [2.45, 2.75) is 59.8 Å². The normalized spacial score (nSPS) is 12.7. The first-order valence-corrected chi connectivity index (χ1v) is 9.16. The molecule has 1 aromatic heterocycles. The van der Waals surface area contributed by atoms with Gasteiger partial charge in [-0.25, -0.2) is 9.56 Å². The maximum atomic E-state index is 6.26. The largest absolute Gasteiger partial charge is 0.360 e. The zero-order valence-corrected chi connectivity index (χ0v) is 15.9. The molecule has 0 aliphatic rings. The molecule has 1 heterocycles. The van der Waals surface area contributed by atoms with Crippen molar-refractivity contribution in [3.63, 3.8) is 0 Å². The van der Waals surface area contributed by atoms with E-state index in [-0.39, 0.29) is 5.41 Å². The lowest BCUT2D eigenvalue weighted by Crippen LogP contribution is -2.15. The van der Waals surface area contributed by atoms with Crippen LogP contribution in [0, 0.1) is 5.41 Å². The summed E-state index contributed by atoms with van der Waals surface area (Å²) >= 11 is 10.6. The van der Waals surface area contributed by atoms with E-state index in [1.165, 1.54) is 0 Å². The van der Waals surface area contributed by atoms with Crippen LogP contribution in [0.3, 0.4) is 0 Å². The molecule has 1 rings (SSSR count). The Morgan fingerprint density at radius 3 is 2.64 bits per heavy atom. The van der Waals surface area contributed by atoms with Crippen molar-refractivity contribution in [2.75, 3.05) is 12.3 Å². The Bertz CT molecular complexity index is 501. The summed E-state index contributed by atoms with van der Waals surface area (Å²) in [5.74, 6) is 1.70. The lowest BCUT2D eigenvalue weighted by Gasteiger charge is -2.22. The molecule has 124 valence electrons. The van der Waals surface area contributed by atoms with E-state index in [9.17, 15) is 0 Å². The summed E-state index contributed by atoms with van der Waals surface area (Å²) < 4.78 is 2.12. The van der Waals surface area contributed by atoms with E-state index in [4.69, 9.17) is 16.6 Å². The molecule has 0 N–H and O–H groups in total. The Morgan fingerprint density at radius 1 is 1.32 bits per heavy atom. The standard InChI is InChI=1S/C17H28ClN3S/c1-5-10-21(11-6-2)16-15(18)19-13-14(20-16)7-8-17(3,4)9-12-22/h10,13H,5-9,11-12H2,1-4H3/p+1. The summed E-state index contributed by atoms with van der Waals surface area (Å²) in [5, 5.41) is 0.483. The topological polar surface area (TPSA) is 28.8 Å². The molecule has 0 amide bonds. The third kappa shape index (κ3) is 6.25. The van der Waals surface area contributed by atoms with Gasteiger partial charge >= 0.3 is 5.82 Å². The second-order valence-electron chi connectivity index (χ2n) is 6.40. The summed E-state index contributed by atoms with van der Waals surface area (Å²) in [6.07, 6.45) is 9.05. The third-order valence-electron chi connectivity index (χ3n) is 3.75. The van der Waals surface area contributed by atoms with Crippen LogP contribution in [-0.2, 0) is 6.42 Å². The van der Waals surface area contributed by atoms with Crippen LogP contribution in [0.5, 0.6) is 0 Å². The van der Waals surface area contributed by atoms with Gasteiger partial charge in [0.1, 0.15) is 0 Å². The summed E-state index contributed by atoms with van der Waals surface area (Å²) in [7, 11) is 0. The molecule has 0 saturated carbocycles. The van der Waals surface area contributed by atoms with Gasteiger partial charge in [-0.15, -0.1) is 0 Å². The highest BCUT2D eigenvalue weighted by Crippen LogP contribution is 2.28. The fourth-order valence-corrected chi connectivity index (χ4v) is 3.15. The molecule has 3 nitrogen and oxygen atoms in total.